The molecule has 4 heteroatoms. The molecule has 3 aliphatic carbocycles. The summed E-state index contributed by atoms with van der Waals surface area (Å²) in [6.07, 6.45) is 20.4. The molecule has 1 aliphatic heterocycles. The van der Waals surface area contributed by atoms with Crippen molar-refractivity contribution in [2.75, 3.05) is 4.90 Å². The van der Waals surface area contributed by atoms with E-state index >= 15 is 0 Å². The number of nitriles is 2. The summed E-state index contributed by atoms with van der Waals surface area (Å²) in [5.74, 6) is 0.282. The van der Waals surface area contributed by atoms with E-state index in [0.29, 0.717) is 11.1 Å². The number of allylic oxidation sites excluding steroid dienone is 7. The molecule has 0 saturated heterocycles. The van der Waals surface area contributed by atoms with E-state index in [1.165, 1.54) is 39.1 Å². The van der Waals surface area contributed by atoms with Gasteiger partial charge in [-0.05, 0) is 78.9 Å². The largest absolute Gasteiger partial charge is 0.337 e. The van der Waals surface area contributed by atoms with Gasteiger partial charge in [-0.15, -0.1) is 0 Å². The highest BCUT2D eigenvalue weighted by molar-refractivity contribution is 5.93. The Hall–Kier alpha value is -5.32. The zero-order valence-corrected chi connectivity index (χ0v) is 23.1. The van der Waals surface area contributed by atoms with Crippen LogP contribution in [0.4, 0.5) is 5.69 Å². The number of anilines is 1. The SMILES string of the molecule is N#CC1=CC2c3cc(C#N)ccc3N(C3=CC=CC(c4cccc(-n5c6c(c7ccccc75)C=CCC6)c4)C3)C2C=C1. The van der Waals surface area contributed by atoms with Crippen LogP contribution in [-0.2, 0) is 6.42 Å². The number of fused-ring (bicyclic) bond motifs is 6. The molecule has 2 heterocycles. The quantitative estimate of drug-likeness (QED) is 0.262. The lowest BCUT2D eigenvalue weighted by Gasteiger charge is -2.33. The van der Waals surface area contributed by atoms with Crippen molar-refractivity contribution >= 4 is 22.7 Å². The van der Waals surface area contributed by atoms with Crippen LogP contribution in [0.5, 0.6) is 0 Å². The van der Waals surface area contributed by atoms with Crippen molar-refractivity contribution in [1.29, 1.82) is 10.5 Å². The van der Waals surface area contributed by atoms with Crippen molar-refractivity contribution in [3.8, 4) is 17.8 Å². The van der Waals surface area contributed by atoms with Crippen LogP contribution < -0.4 is 4.90 Å². The normalized spacial score (nSPS) is 21.7. The third-order valence-electron chi connectivity index (χ3n) is 9.18. The van der Waals surface area contributed by atoms with Gasteiger partial charge < -0.3 is 9.47 Å². The Morgan fingerprint density at radius 2 is 1.81 bits per heavy atom. The van der Waals surface area contributed by atoms with E-state index in [-0.39, 0.29) is 17.9 Å². The Bertz CT molecular complexity index is 2020. The zero-order valence-electron chi connectivity index (χ0n) is 23.1. The fourth-order valence-electron chi connectivity index (χ4n) is 7.31. The molecule has 4 aromatic rings. The van der Waals surface area contributed by atoms with Crippen molar-refractivity contribution in [3.05, 3.63) is 148 Å². The van der Waals surface area contributed by atoms with Crippen LogP contribution in [0.3, 0.4) is 0 Å². The van der Waals surface area contributed by atoms with Crippen LogP contribution in [0.15, 0.2) is 121 Å². The molecule has 42 heavy (non-hydrogen) atoms. The van der Waals surface area contributed by atoms with Crippen LogP contribution in [0.2, 0.25) is 0 Å². The van der Waals surface area contributed by atoms with E-state index in [4.69, 9.17) is 0 Å². The fourth-order valence-corrected chi connectivity index (χ4v) is 7.31. The molecule has 200 valence electrons. The Morgan fingerprint density at radius 3 is 2.71 bits per heavy atom. The van der Waals surface area contributed by atoms with Gasteiger partial charge in [0.05, 0.1) is 29.3 Å². The highest BCUT2D eigenvalue weighted by Gasteiger charge is 2.40. The summed E-state index contributed by atoms with van der Waals surface area (Å²) >= 11 is 0. The standard InChI is InChI=1S/C38H28N4/c39-23-25-15-17-37-33(19-25)34-20-26(24-40)16-18-38(34)42(37)30-10-6-8-28(22-30)27-7-5-9-29(21-27)41-35-13-3-1-11-31(35)32-12-2-4-14-36(32)41/h1-3,5-13,15-21,28,33,37H,4,14,22H2. The lowest BCUT2D eigenvalue weighted by molar-refractivity contribution is 0.680. The summed E-state index contributed by atoms with van der Waals surface area (Å²) in [4.78, 5) is 2.42. The monoisotopic (exact) mass is 540 g/mol. The van der Waals surface area contributed by atoms with E-state index in [0.717, 1.165) is 30.5 Å². The van der Waals surface area contributed by atoms with Crippen molar-refractivity contribution in [2.24, 2.45) is 0 Å². The number of benzene rings is 3. The van der Waals surface area contributed by atoms with E-state index in [2.05, 4.69) is 119 Å². The van der Waals surface area contributed by atoms with E-state index < -0.39 is 0 Å². The average molecular weight is 541 g/mol. The second kappa shape index (κ2) is 9.65. The van der Waals surface area contributed by atoms with E-state index in [1.807, 2.05) is 18.2 Å². The van der Waals surface area contributed by atoms with Crippen molar-refractivity contribution in [3.63, 3.8) is 0 Å². The minimum atomic E-state index is 0.0452. The fraction of sp³-hybridized carbons (Fsp3) is 0.158. The van der Waals surface area contributed by atoms with Crippen LogP contribution in [0.1, 0.15) is 52.6 Å². The van der Waals surface area contributed by atoms with Crippen molar-refractivity contribution < 1.29 is 0 Å². The molecule has 0 saturated carbocycles. The average Bonchev–Trinajstić information content (AvgIpc) is 3.57. The molecule has 0 N–H and O–H groups in total. The molecule has 0 fully saturated rings. The second-order valence-electron chi connectivity index (χ2n) is 11.5. The molecule has 3 atom stereocenters. The number of aromatic nitrogens is 1. The first-order valence-electron chi connectivity index (χ1n) is 14.6. The molecule has 0 bridgehead atoms. The van der Waals surface area contributed by atoms with Gasteiger partial charge in [0.15, 0.2) is 0 Å². The summed E-state index contributed by atoms with van der Waals surface area (Å²) in [5.41, 5.74) is 11.3. The zero-order chi connectivity index (χ0) is 28.2. The van der Waals surface area contributed by atoms with Gasteiger partial charge in [0.2, 0.25) is 0 Å². The smallest absolute Gasteiger partial charge is 0.0991 e. The first kappa shape index (κ1) is 24.5. The Labute approximate surface area is 245 Å². The van der Waals surface area contributed by atoms with Gasteiger partial charge >= 0.3 is 0 Å². The van der Waals surface area contributed by atoms with E-state index in [9.17, 15) is 10.5 Å². The van der Waals surface area contributed by atoms with Crippen LogP contribution in [0, 0.1) is 22.7 Å². The molecule has 4 nitrogen and oxygen atoms in total. The van der Waals surface area contributed by atoms with Gasteiger partial charge in [-0.3, -0.25) is 0 Å². The maximum Gasteiger partial charge on any atom is 0.0991 e. The predicted octanol–water partition coefficient (Wildman–Crippen LogP) is 8.38. The molecule has 4 aliphatic rings. The molecule has 3 aromatic carbocycles. The molecular weight excluding hydrogens is 512 g/mol. The maximum absolute atomic E-state index is 9.59. The van der Waals surface area contributed by atoms with Crippen LogP contribution >= 0.6 is 0 Å². The van der Waals surface area contributed by atoms with Crippen LogP contribution in [-0.4, -0.2) is 10.6 Å². The van der Waals surface area contributed by atoms with Gasteiger partial charge in [-0.1, -0.05) is 66.8 Å². The first-order chi connectivity index (χ1) is 20.7. The molecule has 0 spiro atoms. The lowest BCUT2D eigenvalue weighted by atomic mass is 9.87. The second-order valence-corrected chi connectivity index (χ2v) is 11.5. The number of rotatable bonds is 3. The number of para-hydroxylation sites is 1. The summed E-state index contributed by atoms with van der Waals surface area (Å²) in [6, 6.07) is 28.4. The minimum absolute atomic E-state index is 0.0452. The third-order valence-corrected chi connectivity index (χ3v) is 9.18. The van der Waals surface area contributed by atoms with Crippen molar-refractivity contribution in [2.45, 2.75) is 37.1 Å². The third kappa shape index (κ3) is 3.73. The topological polar surface area (TPSA) is 55.8 Å². The summed E-state index contributed by atoms with van der Waals surface area (Å²) < 4.78 is 2.46. The molecule has 1 aromatic heterocycles. The summed E-state index contributed by atoms with van der Waals surface area (Å²) in [5, 5.41) is 20.5. The summed E-state index contributed by atoms with van der Waals surface area (Å²) in [6.45, 7) is 0. The highest BCUT2D eigenvalue weighted by Crippen LogP contribution is 2.48. The van der Waals surface area contributed by atoms with Crippen molar-refractivity contribution in [1.82, 2.24) is 4.57 Å². The molecule has 0 amide bonds. The van der Waals surface area contributed by atoms with E-state index in [1.54, 1.807) is 0 Å². The highest BCUT2D eigenvalue weighted by atomic mass is 15.2. The number of nitrogens with zero attached hydrogens (tertiary/aromatic N) is 4. The Morgan fingerprint density at radius 1 is 0.881 bits per heavy atom. The number of hydrogen-bond acceptors (Lipinski definition) is 3. The molecule has 0 radical (unpaired) electrons. The summed E-state index contributed by atoms with van der Waals surface area (Å²) in [7, 11) is 0. The molecular formula is C38H28N4. The van der Waals surface area contributed by atoms with Gasteiger partial charge in [0.25, 0.3) is 0 Å². The molecule has 3 unspecified atom stereocenters. The Kier molecular flexibility index (Phi) is 5.62. The maximum atomic E-state index is 9.59. The molecule has 8 rings (SSSR count). The van der Waals surface area contributed by atoms with Crippen LogP contribution in [0.25, 0.3) is 22.7 Å². The lowest BCUT2D eigenvalue weighted by Crippen LogP contribution is -2.33. The van der Waals surface area contributed by atoms with Gasteiger partial charge in [-0.2, -0.15) is 10.5 Å². The van der Waals surface area contributed by atoms with Gasteiger partial charge in [0.1, 0.15) is 0 Å². The first-order valence-corrected chi connectivity index (χ1v) is 14.6. The van der Waals surface area contributed by atoms with Gasteiger partial charge in [-0.25, -0.2) is 0 Å². The minimum Gasteiger partial charge on any atom is -0.337 e. The Balaban J connectivity index is 1.16. The van der Waals surface area contributed by atoms with Gasteiger partial charge in [0, 0.05) is 51.1 Å². The predicted molar refractivity (Wildman–Crippen MR) is 168 cm³/mol. The number of hydrogen-bond donors (Lipinski definition) is 0.